The van der Waals surface area contributed by atoms with Crippen molar-refractivity contribution in [2.45, 2.75) is 38.4 Å². The van der Waals surface area contributed by atoms with Crippen molar-refractivity contribution in [1.29, 1.82) is 5.26 Å². The molecule has 1 fully saturated rings. The van der Waals surface area contributed by atoms with Gasteiger partial charge in [-0.1, -0.05) is 54.6 Å². The van der Waals surface area contributed by atoms with E-state index in [0.29, 0.717) is 25.0 Å². The number of rotatable bonds is 5. The third kappa shape index (κ3) is 3.55. The number of nitriles is 1. The average Bonchev–Trinajstić information content (AvgIpc) is 3.02. The molecule has 1 aliphatic carbocycles. The molecule has 1 unspecified atom stereocenters. The second kappa shape index (κ2) is 7.24. The summed E-state index contributed by atoms with van der Waals surface area (Å²) in [7, 11) is 0. The summed E-state index contributed by atoms with van der Waals surface area (Å²) in [6, 6.07) is 21.2. The van der Waals surface area contributed by atoms with Crippen LogP contribution in [0, 0.1) is 17.2 Å². The largest absolute Gasteiger partial charge is 0.374 e. The third-order valence-electron chi connectivity index (χ3n) is 4.45. The average molecular weight is 291 g/mol. The van der Waals surface area contributed by atoms with Gasteiger partial charge in [-0.3, -0.25) is 0 Å². The third-order valence-corrected chi connectivity index (χ3v) is 4.45. The molecule has 0 heterocycles. The smallest absolute Gasteiger partial charge is 0.0726 e. The second-order valence-electron chi connectivity index (χ2n) is 6.00. The van der Waals surface area contributed by atoms with Crippen LogP contribution in [-0.4, -0.2) is 6.10 Å². The van der Waals surface area contributed by atoms with E-state index in [2.05, 4.69) is 54.6 Å². The highest BCUT2D eigenvalue weighted by Gasteiger charge is 2.25. The molecule has 2 heteroatoms. The number of ether oxygens (including phenoxy) is 1. The van der Waals surface area contributed by atoms with Gasteiger partial charge >= 0.3 is 0 Å². The molecule has 0 N–H and O–H groups in total. The van der Waals surface area contributed by atoms with Gasteiger partial charge in [0.15, 0.2) is 0 Å². The molecule has 3 rings (SSSR count). The highest BCUT2D eigenvalue weighted by molar-refractivity contribution is 5.67. The Balaban J connectivity index is 1.66. The second-order valence-corrected chi connectivity index (χ2v) is 6.00. The first-order valence-corrected chi connectivity index (χ1v) is 7.98. The Hall–Kier alpha value is -2.11. The van der Waals surface area contributed by atoms with Crippen molar-refractivity contribution in [1.82, 2.24) is 0 Å². The van der Waals surface area contributed by atoms with Gasteiger partial charge in [-0.05, 0) is 41.9 Å². The Labute approximate surface area is 132 Å². The summed E-state index contributed by atoms with van der Waals surface area (Å²) in [6.07, 6.45) is 4.21. The van der Waals surface area contributed by atoms with E-state index in [9.17, 15) is 0 Å². The van der Waals surface area contributed by atoms with Gasteiger partial charge in [-0.15, -0.1) is 0 Å². The Morgan fingerprint density at radius 3 is 2.59 bits per heavy atom. The van der Waals surface area contributed by atoms with Crippen LogP contribution in [0.25, 0.3) is 11.1 Å². The minimum atomic E-state index is 0.308. The minimum Gasteiger partial charge on any atom is -0.374 e. The molecular formula is C20H21NO. The fourth-order valence-corrected chi connectivity index (χ4v) is 3.25. The summed E-state index contributed by atoms with van der Waals surface area (Å²) >= 11 is 0. The number of hydrogen-bond acceptors (Lipinski definition) is 2. The standard InChI is InChI=1S/C20H21NO/c21-13-12-16-10-11-19(14-16)22-15-18-8-4-5-9-20(18)17-6-2-1-3-7-17/h1-9,16,19H,10-12,14-15H2/t16-,19?/m1/s1. The fourth-order valence-electron chi connectivity index (χ4n) is 3.25. The van der Waals surface area contributed by atoms with E-state index in [-0.39, 0.29) is 0 Å². The molecular weight excluding hydrogens is 270 g/mol. The minimum absolute atomic E-state index is 0.308. The molecule has 1 aliphatic rings. The summed E-state index contributed by atoms with van der Waals surface area (Å²) in [5.41, 5.74) is 3.71. The first-order valence-electron chi connectivity index (χ1n) is 7.98. The van der Waals surface area contributed by atoms with Gasteiger partial charge < -0.3 is 4.74 Å². The molecule has 2 aromatic rings. The van der Waals surface area contributed by atoms with E-state index in [1.54, 1.807) is 0 Å². The Morgan fingerprint density at radius 2 is 1.77 bits per heavy atom. The zero-order valence-corrected chi connectivity index (χ0v) is 12.7. The van der Waals surface area contributed by atoms with Crippen molar-refractivity contribution in [3.05, 3.63) is 60.2 Å². The topological polar surface area (TPSA) is 33.0 Å². The molecule has 112 valence electrons. The molecule has 2 nitrogen and oxygen atoms in total. The monoisotopic (exact) mass is 291 g/mol. The maximum Gasteiger partial charge on any atom is 0.0726 e. The van der Waals surface area contributed by atoms with Crippen LogP contribution in [0.2, 0.25) is 0 Å². The van der Waals surface area contributed by atoms with Gasteiger partial charge in [-0.25, -0.2) is 0 Å². The highest BCUT2D eigenvalue weighted by atomic mass is 16.5. The van der Waals surface area contributed by atoms with E-state index in [0.717, 1.165) is 19.3 Å². The quantitative estimate of drug-likeness (QED) is 0.780. The fraction of sp³-hybridized carbons (Fsp3) is 0.350. The van der Waals surface area contributed by atoms with Gasteiger partial charge in [0.25, 0.3) is 0 Å². The molecule has 0 spiro atoms. The van der Waals surface area contributed by atoms with E-state index in [1.807, 2.05) is 6.07 Å². The van der Waals surface area contributed by atoms with Gasteiger partial charge in [0.05, 0.1) is 18.8 Å². The van der Waals surface area contributed by atoms with Crippen LogP contribution in [0.1, 0.15) is 31.2 Å². The van der Waals surface area contributed by atoms with Gasteiger partial charge in [-0.2, -0.15) is 5.26 Å². The van der Waals surface area contributed by atoms with Crippen molar-refractivity contribution in [2.75, 3.05) is 0 Å². The van der Waals surface area contributed by atoms with Crippen LogP contribution < -0.4 is 0 Å². The molecule has 1 saturated carbocycles. The van der Waals surface area contributed by atoms with Gasteiger partial charge in [0.1, 0.15) is 0 Å². The Bertz CT molecular complexity index is 644. The lowest BCUT2D eigenvalue weighted by molar-refractivity contribution is 0.0433. The molecule has 0 aromatic heterocycles. The van der Waals surface area contributed by atoms with Crippen LogP contribution in [-0.2, 0) is 11.3 Å². The summed E-state index contributed by atoms with van der Waals surface area (Å²) in [4.78, 5) is 0. The van der Waals surface area contributed by atoms with Crippen LogP contribution in [0.4, 0.5) is 0 Å². The lowest BCUT2D eigenvalue weighted by Gasteiger charge is -2.14. The van der Waals surface area contributed by atoms with Crippen molar-refractivity contribution in [3.63, 3.8) is 0 Å². The van der Waals surface area contributed by atoms with Crippen LogP contribution in [0.15, 0.2) is 54.6 Å². The molecule has 0 bridgehead atoms. The number of benzene rings is 2. The molecule has 0 radical (unpaired) electrons. The predicted octanol–water partition coefficient (Wildman–Crippen LogP) is 4.95. The highest BCUT2D eigenvalue weighted by Crippen LogP contribution is 2.31. The first kappa shape index (κ1) is 14.8. The van der Waals surface area contributed by atoms with Crippen molar-refractivity contribution >= 4 is 0 Å². The van der Waals surface area contributed by atoms with E-state index in [4.69, 9.17) is 10.00 Å². The van der Waals surface area contributed by atoms with Crippen molar-refractivity contribution in [3.8, 4) is 17.2 Å². The lowest BCUT2D eigenvalue weighted by atomic mass is 10.0. The molecule has 22 heavy (non-hydrogen) atoms. The number of hydrogen-bond donors (Lipinski definition) is 0. The maximum atomic E-state index is 8.79. The van der Waals surface area contributed by atoms with Gasteiger partial charge in [0.2, 0.25) is 0 Å². The lowest BCUT2D eigenvalue weighted by Crippen LogP contribution is -2.09. The molecule has 0 saturated heterocycles. The summed E-state index contributed by atoms with van der Waals surface area (Å²) < 4.78 is 6.12. The predicted molar refractivity (Wildman–Crippen MR) is 88.0 cm³/mol. The van der Waals surface area contributed by atoms with Crippen molar-refractivity contribution in [2.24, 2.45) is 5.92 Å². The zero-order valence-electron chi connectivity index (χ0n) is 12.7. The summed E-state index contributed by atoms with van der Waals surface area (Å²) in [5, 5.41) is 8.79. The molecule has 2 atom stereocenters. The summed E-state index contributed by atoms with van der Waals surface area (Å²) in [6.45, 7) is 0.648. The van der Waals surface area contributed by atoms with E-state index >= 15 is 0 Å². The van der Waals surface area contributed by atoms with Crippen LogP contribution in [0.5, 0.6) is 0 Å². The Kier molecular flexibility index (Phi) is 4.88. The van der Waals surface area contributed by atoms with Gasteiger partial charge in [0, 0.05) is 6.42 Å². The zero-order chi connectivity index (χ0) is 15.2. The SMILES string of the molecule is N#CC[C@H]1CCC(OCc2ccccc2-c2ccccc2)C1. The van der Waals surface area contributed by atoms with E-state index < -0.39 is 0 Å². The summed E-state index contributed by atoms with van der Waals surface area (Å²) in [5.74, 6) is 0.527. The molecule has 2 aromatic carbocycles. The number of nitrogens with zero attached hydrogens (tertiary/aromatic N) is 1. The van der Waals surface area contributed by atoms with Crippen molar-refractivity contribution < 1.29 is 4.74 Å². The Morgan fingerprint density at radius 1 is 1.00 bits per heavy atom. The van der Waals surface area contributed by atoms with Crippen LogP contribution >= 0.6 is 0 Å². The van der Waals surface area contributed by atoms with E-state index in [1.165, 1.54) is 16.7 Å². The first-order chi connectivity index (χ1) is 10.9. The normalized spacial score (nSPS) is 20.7. The van der Waals surface area contributed by atoms with Crippen LogP contribution in [0.3, 0.4) is 0 Å². The maximum absolute atomic E-state index is 8.79. The molecule has 0 aliphatic heterocycles. The molecule has 0 amide bonds.